The third-order valence-electron chi connectivity index (χ3n) is 3.88. The van der Waals surface area contributed by atoms with E-state index in [0.717, 1.165) is 5.56 Å². The molecule has 30 heavy (non-hydrogen) atoms. The van der Waals surface area contributed by atoms with Crippen molar-refractivity contribution in [3.63, 3.8) is 0 Å². The van der Waals surface area contributed by atoms with Crippen LogP contribution in [0.5, 0.6) is 5.75 Å². The Hall–Kier alpha value is -3.18. The number of ether oxygens (including phenoxy) is 1. The van der Waals surface area contributed by atoms with Gasteiger partial charge < -0.3 is 15.1 Å². The zero-order chi connectivity index (χ0) is 21.1. The number of aromatic nitrogens is 5. The fourth-order valence-corrected chi connectivity index (χ4v) is 3.43. The van der Waals surface area contributed by atoms with E-state index < -0.39 is 6.61 Å². The average molecular weight is 451 g/mol. The monoisotopic (exact) mass is 450 g/mol. The van der Waals surface area contributed by atoms with Crippen LogP contribution in [0.1, 0.15) is 5.89 Å². The quantitative estimate of drug-likeness (QED) is 0.329. The van der Waals surface area contributed by atoms with Crippen molar-refractivity contribution in [1.82, 2.24) is 25.0 Å². The minimum absolute atomic E-state index is 0.0401. The minimum Gasteiger partial charge on any atom is -0.435 e. The van der Waals surface area contributed by atoms with Crippen molar-refractivity contribution < 1.29 is 18.0 Å². The summed E-state index contributed by atoms with van der Waals surface area (Å²) in [6, 6.07) is 13.1. The van der Waals surface area contributed by atoms with Crippen LogP contribution < -0.4 is 10.6 Å². The maximum absolute atomic E-state index is 12.3. The van der Waals surface area contributed by atoms with Crippen molar-refractivity contribution in [1.29, 1.82) is 0 Å². The van der Waals surface area contributed by atoms with Crippen molar-refractivity contribution in [2.45, 2.75) is 17.5 Å². The Morgan fingerprint density at radius 2 is 1.93 bits per heavy atom. The van der Waals surface area contributed by atoms with Crippen molar-refractivity contribution in [2.75, 3.05) is 5.84 Å². The van der Waals surface area contributed by atoms with Crippen LogP contribution in [-0.2, 0) is 5.75 Å². The highest BCUT2D eigenvalue weighted by molar-refractivity contribution is 7.98. The van der Waals surface area contributed by atoms with Crippen LogP contribution in [0.25, 0.3) is 22.8 Å². The first-order valence-electron chi connectivity index (χ1n) is 8.46. The second kappa shape index (κ2) is 8.67. The average Bonchev–Trinajstić information content (AvgIpc) is 3.33. The molecule has 0 fully saturated rings. The van der Waals surface area contributed by atoms with Gasteiger partial charge in [0.05, 0.1) is 5.75 Å². The minimum atomic E-state index is -2.89. The van der Waals surface area contributed by atoms with Crippen LogP contribution in [0, 0.1) is 0 Å². The number of hydrogen-bond acceptors (Lipinski definition) is 8. The maximum atomic E-state index is 12.3. The van der Waals surface area contributed by atoms with Crippen molar-refractivity contribution >= 4 is 23.4 Å². The number of nitrogens with zero attached hydrogens (tertiary/aromatic N) is 5. The molecule has 0 aliphatic heterocycles. The molecule has 0 unspecified atom stereocenters. The summed E-state index contributed by atoms with van der Waals surface area (Å²) in [6.45, 7) is -2.89. The first kappa shape index (κ1) is 20.1. The van der Waals surface area contributed by atoms with Crippen molar-refractivity contribution in [2.24, 2.45) is 0 Å². The van der Waals surface area contributed by atoms with E-state index in [1.807, 2.05) is 6.07 Å². The smallest absolute Gasteiger partial charge is 0.387 e. The molecule has 154 valence electrons. The Bertz CT molecular complexity index is 1150. The van der Waals surface area contributed by atoms with E-state index in [9.17, 15) is 8.78 Å². The van der Waals surface area contributed by atoms with E-state index in [1.54, 1.807) is 30.3 Å². The molecule has 2 N–H and O–H groups in total. The van der Waals surface area contributed by atoms with Gasteiger partial charge in [-0.2, -0.15) is 13.8 Å². The van der Waals surface area contributed by atoms with Gasteiger partial charge in [0.1, 0.15) is 5.75 Å². The normalized spacial score (nSPS) is 11.2. The molecule has 4 aromatic rings. The Morgan fingerprint density at radius 1 is 1.13 bits per heavy atom. The lowest BCUT2D eigenvalue weighted by atomic mass is 10.2. The van der Waals surface area contributed by atoms with Gasteiger partial charge in [0.2, 0.25) is 16.9 Å². The van der Waals surface area contributed by atoms with E-state index in [2.05, 4.69) is 25.1 Å². The third-order valence-corrected chi connectivity index (χ3v) is 5.04. The standard InChI is InChI=1S/C18H13ClF2N6O2S/c19-12-3-1-2-11(8-12)15-23-14(29-26-15)9-30-18-25-24-16(27(18)22)10-4-6-13(7-5-10)28-17(20)21/h1-8,17H,9,22H2. The van der Waals surface area contributed by atoms with E-state index in [0.29, 0.717) is 39.0 Å². The first-order valence-corrected chi connectivity index (χ1v) is 9.83. The van der Waals surface area contributed by atoms with Gasteiger partial charge in [0.25, 0.3) is 0 Å². The molecule has 0 bridgehead atoms. The van der Waals surface area contributed by atoms with Gasteiger partial charge in [-0.05, 0) is 36.4 Å². The molecule has 2 heterocycles. The molecule has 0 aliphatic carbocycles. The predicted molar refractivity (Wildman–Crippen MR) is 107 cm³/mol. The number of thioether (sulfide) groups is 1. The zero-order valence-electron chi connectivity index (χ0n) is 15.1. The summed E-state index contributed by atoms with van der Waals surface area (Å²) in [5.74, 6) is 7.61. The van der Waals surface area contributed by atoms with E-state index in [1.165, 1.54) is 28.6 Å². The lowest BCUT2D eigenvalue weighted by Gasteiger charge is -2.06. The number of alkyl halides is 2. The highest BCUT2D eigenvalue weighted by Crippen LogP contribution is 2.27. The molecule has 4 rings (SSSR count). The molecule has 0 atom stereocenters. The molecule has 0 aliphatic rings. The Morgan fingerprint density at radius 3 is 2.67 bits per heavy atom. The van der Waals surface area contributed by atoms with Gasteiger partial charge in [-0.15, -0.1) is 10.2 Å². The molecule has 8 nitrogen and oxygen atoms in total. The summed E-state index contributed by atoms with van der Waals surface area (Å²) in [5, 5.41) is 13.0. The first-order chi connectivity index (χ1) is 14.5. The fraction of sp³-hybridized carbons (Fsp3) is 0.111. The highest BCUT2D eigenvalue weighted by atomic mass is 35.5. The summed E-state index contributed by atoms with van der Waals surface area (Å²) >= 11 is 7.24. The molecular formula is C18H13ClF2N6O2S. The molecule has 12 heteroatoms. The Balaban J connectivity index is 1.44. The molecule has 0 radical (unpaired) electrons. The number of halogens is 3. The predicted octanol–water partition coefficient (Wildman–Crippen LogP) is 4.26. The summed E-state index contributed by atoms with van der Waals surface area (Å²) in [4.78, 5) is 4.33. The number of rotatable bonds is 7. The number of nitrogens with two attached hydrogens (primary N) is 1. The molecule has 0 spiro atoms. The van der Waals surface area contributed by atoms with Crippen LogP contribution in [0.3, 0.4) is 0 Å². The second-order valence-electron chi connectivity index (χ2n) is 5.89. The van der Waals surface area contributed by atoms with Crippen LogP contribution in [0.2, 0.25) is 5.02 Å². The number of benzene rings is 2. The van der Waals surface area contributed by atoms with Gasteiger partial charge in [0, 0.05) is 16.1 Å². The fourth-order valence-electron chi connectivity index (χ4n) is 2.54. The lowest BCUT2D eigenvalue weighted by molar-refractivity contribution is -0.0498. The highest BCUT2D eigenvalue weighted by Gasteiger charge is 2.15. The Labute approximate surface area is 178 Å². The number of nitrogen functional groups attached to an aromatic ring is 1. The molecule has 2 aromatic carbocycles. The van der Waals surface area contributed by atoms with Gasteiger partial charge in [-0.3, -0.25) is 0 Å². The summed E-state index contributed by atoms with van der Waals surface area (Å²) in [5.41, 5.74) is 1.34. The van der Waals surface area contributed by atoms with Gasteiger partial charge in [0.15, 0.2) is 5.82 Å². The Kier molecular flexibility index (Phi) is 5.81. The SMILES string of the molecule is Nn1c(SCc2nc(-c3cccc(Cl)c3)no2)nnc1-c1ccc(OC(F)F)cc1. The third kappa shape index (κ3) is 4.52. The van der Waals surface area contributed by atoms with Crippen LogP contribution in [0.4, 0.5) is 8.78 Å². The van der Waals surface area contributed by atoms with Crippen molar-refractivity contribution in [3.05, 3.63) is 59.4 Å². The molecule has 0 saturated carbocycles. The van der Waals surface area contributed by atoms with Crippen LogP contribution >= 0.6 is 23.4 Å². The second-order valence-corrected chi connectivity index (χ2v) is 7.27. The van der Waals surface area contributed by atoms with Crippen LogP contribution in [-0.4, -0.2) is 31.6 Å². The molecular weight excluding hydrogens is 438 g/mol. The van der Waals surface area contributed by atoms with E-state index in [4.69, 9.17) is 22.0 Å². The molecule has 0 amide bonds. The van der Waals surface area contributed by atoms with Crippen molar-refractivity contribution in [3.8, 4) is 28.5 Å². The lowest BCUT2D eigenvalue weighted by Crippen LogP contribution is -2.11. The topological polar surface area (TPSA) is 105 Å². The summed E-state index contributed by atoms with van der Waals surface area (Å²) < 4.78 is 35.4. The summed E-state index contributed by atoms with van der Waals surface area (Å²) in [7, 11) is 0. The molecule has 2 aromatic heterocycles. The van der Waals surface area contributed by atoms with E-state index >= 15 is 0 Å². The van der Waals surface area contributed by atoms with Crippen LogP contribution in [0.15, 0.2) is 58.2 Å². The summed E-state index contributed by atoms with van der Waals surface area (Å²) in [6.07, 6.45) is 0. The zero-order valence-corrected chi connectivity index (χ0v) is 16.6. The van der Waals surface area contributed by atoms with Gasteiger partial charge in [-0.1, -0.05) is 40.7 Å². The number of hydrogen-bond donors (Lipinski definition) is 1. The molecule has 0 saturated heterocycles. The van der Waals surface area contributed by atoms with Gasteiger partial charge >= 0.3 is 6.61 Å². The van der Waals surface area contributed by atoms with E-state index in [-0.39, 0.29) is 5.75 Å². The van der Waals surface area contributed by atoms with Gasteiger partial charge in [-0.25, -0.2) is 4.68 Å². The maximum Gasteiger partial charge on any atom is 0.387 e. The largest absolute Gasteiger partial charge is 0.435 e.